The molecule has 2 N–H and O–H groups in total. The van der Waals surface area contributed by atoms with E-state index in [1.54, 1.807) is 36.8 Å². The zero-order valence-corrected chi connectivity index (χ0v) is 18.7. The zero-order chi connectivity index (χ0) is 24.1. The van der Waals surface area contributed by atoms with Crippen LogP contribution in [-0.4, -0.2) is 49.2 Å². The first kappa shape index (κ1) is 20.8. The fourth-order valence-corrected chi connectivity index (χ4v) is 4.04. The standard InChI is InChI=1S/C25H18F2N8/c1-35(2)16-9-14(10-28-11-16)17-12-30-24-19(20(17)27)23(33-34-24)25-31-18-6-7-29-21(22(18)32-25)13-4-3-5-15(26)8-13/h3-12H,1-2H3,(H,31,32)(H,30,33,34). The molecule has 0 radical (unpaired) electrons. The molecule has 0 saturated carbocycles. The van der Waals surface area contributed by atoms with E-state index < -0.39 is 5.82 Å². The smallest absolute Gasteiger partial charge is 0.184 e. The van der Waals surface area contributed by atoms with E-state index >= 15 is 4.39 Å². The molecule has 6 rings (SSSR count). The van der Waals surface area contributed by atoms with Crippen LogP contribution in [0.25, 0.3) is 56.0 Å². The Labute approximate surface area is 197 Å². The first-order chi connectivity index (χ1) is 17.0. The van der Waals surface area contributed by atoms with Gasteiger partial charge in [-0.25, -0.2) is 18.7 Å². The third kappa shape index (κ3) is 3.46. The van der Waals surface area contributed by atoms with Crippen LogP contribution in [0.15, 0.2) is 61.2 Å². The number of rotatable bonds is 4. The Morgan fingerprint density at radius 2 is 1.83 bits per heavy atom. The fraction of sp³-hybridized carbons (Fsp3) is 0.0800. The SMILES string of the molecule is CN(C)c1cncc(-c2cnc3n[nH]c(-c4nc5c(-c6cccc(F)c6)nccc5[nH]4)c3c2F)c1. The molecule has 0 aliphatic carbocycles. The molecule has 5 heterocycles. The van der Waals surface area contributed by atoms with Crippen LogP contribution in [0.2, 0.25) is 0 Å². The van der Waals surface area contributed by atoms with Crippen molar-refractivity contribution in [1.82, 2.24) is 35.1 Å². The molecule has 10 heteroatoms. The predicted molar refractivity (Wildman–Crippen MR) is 130 cm³/mol. The summed E-state index contributed by atoms with van der Waals surface area (Å²) in [5.74, 6) is -0.489. The number of hydrogen-bond acceptors (Lipinski definition) is 6. The highest BCUT2D eigenvalue weighted by Crippen LogP contribution is 2.34. The number of benzene rings is 1. The van der Waals surface area contributed by atoms with E-state index in [2.05, 4.69) is 35.1 Å². The van der Waals surface area contributed by atoms with Crippen LogP contribution in [0.5, 0.6) is 0 Å². The van der Waals surface area contributed by atoms with Gasteiger partial charge in [0.15, 0.2) is 11.5 Å². The van der Waals surface area contributed by atoms with Gasteiger partial charge in [0.05, 0.1) is 28.5 Å². The van der Waals surface area contributed by atoms with Crippen LogP contribution in [0.4, 0.5) is 14.5 Å². The third-order valence-corrected chi connectivity index (χ3v) is 5.81. The number of nitrogens with zero attached hydrogens (tertiary/aromatic N) is 6. The van der Waals surface area contributed by atoms with Crippen molar-refractivity contribution in [2.45, 2.75) is 0 Å². The van der Waals surface area contributed by atoms with Gasteiger partial charge in [0, 0.05) is 49.4 Å². The monoisotopic (exact) mass is 468 g/mol. The highest BCUT2D eigenvalue weighted by atomic mass is 19.1. The molecule has 0 fully saturated rings. The first-order valence-electron chi connectivity index (χ1n) is 10.8. The van der Waals surface area contributed by atoms with Crippen LogP contribution in [0.3, 0.4) is 0 Å². The topological polar surface area (TPSA) is 99.3 Å². The maximum absolute atomic E-state index is 15.9. The van der Waals surface area contributed by atoms with Gasteiger partial charge in [-0.3, -0.25) is 15.1 Å². The molecule has 0 unspecified atom stereocenters. The molecule has 35 heavy (non-hydrogen) atoms. The van der Waals surface area contributed by atoms with Crippen molar-refractivity contribution in [3.8, 4) is 33.9 Å². The van der Waals surface area contributed by atoms with E-state index in [9.17, 15) is 4.39 Å². The molecule has 0 bridgehead atoms. The Kier molecular flexibility index (Phi) is 4.73. The number of nitrogens with one attached hydrogen (secondary N) is 2. The van der Waals surface area contributed by atoms with Gasteiger partial charge < -0.3 is 9.88 Å². The number of imidazole rings is 1. The van der Waals surface area contributed by atoms with Crippen molar-refractivity contribution < 1.29 is 8.78 Å². The number of H-pyrrole nitrogens is 2. The first-order valence-corrected chi connectivity index (χ1v) is 10.8. The molecule has 0 aliphatic rings. The van der Waals surface area contributed by atoms with Gasteiger partial charge in [0.25, 0.3) is 0 Å². The fourth-order valence-electron chi connectivity index (χ4n) is 4.04. The van der Waals surface area contributed by atoms with Crippen LogP contribution >= 0.6 is 0 Å². The lowest BCUT2D eigenvalue weighted by atomic mass is 10.1. The Morgan fingerprint density at radius 1 is 0.943 bits per heavy atom. The molecule has 8 nitrogen and oxygen atoms in total. The second-order valence-corrected chi connectivity index (χ2v) is 8.26. The Morgan fingerprint density at radius 3 is 2.66 bits per heavy atom. The van der Waals surface area contributed by atoms with Crippen molar-refractivity contribution >= 4 is 27.8 Å². The molecule has 5 aromatic heterocycles. The van der Waals surface area contributed by atoms with Crippen molar-refractivity contribution in [2.75, 3.05) is 19.0 Å². The molecular weight excluding hydrogens is 450 g/mol. The van der Waals surface area contributed by atoms with Crippen molar-refractivity contribution in [1.29, 1.82) is 0 Å². The Bertz CT molecular complexity index is 1720. The number of aromatic nitrogens is 7. The van der Waals surface area contributed by atoms with E-state index in [0.29, 0.717) is 44.9 Å². The molecule has 0 amide bonds. The molecule has 0 atom stereocenters. The molecule has 0 spiro atoms. The summed E-state index contributed by atoms with van der Waals surface area (Å²) < 4.78 is 29.7. The van der Waals surface area contributed by atoms with Gasteiger partial charge in [0.1, 0.15) is 22.8 Å². The minimum atomic E-state index is -0.486. The largest absolute Gasteiger partial charge is 0.376 e. The molecule has 172 valence electrons. The minimum absolute atomic E-state index is 0.206. The third-order valence-electron chi connectivity index (χ3n) is 5.81. The second kappa shape index (κ2) is 7.94. The van der Waals surface area contributed by atoms with Crippen LogP contribution in [-0.2, 0) is 0 Å². The highest BCUT2D eigenvalue weighted by Gasteiger charge is 2.21. The number of halogens is 2. The molecule has 1 aromatic carbocycles. The summed E-state index contributed by atoms with van der Waals surface area (Å²) in [5.41, 5.74) is 4.61. The van der Waals surface area contributed by atoms with Gasteiger partial charge in [-0.15, -0.1) is 0 Å². The normalized spacial score (nSPS) is 11.4. The number of fused-ring (bicyclic) bond motifs is 2. The average Bonchev–Trinajstić information content (AvgIpc) is 3.49. The summed E-state index contributed by atoms with van der Waals surface area (Å²) in [7, 11) is 3.78. The summed E-state index contributed by atoms with van der Waals surface area (Å²) in [6.07, 6.45) is 6.36. The maximum Gasteiger partial charge on any atom is 0.184 e. The van der Waals surface area contributed by atoms with Gasteiger partial charge in [-0.05, 0) is 24.3 Å². The van der Waals surface area contributed by atoms with E-state index in [1.807, 2.05) is 25.1 Å². The quantitative estimate of drug-likeness (QED) is 0.379. The maximum atomic E-state index is 15.9. The number of pyridine rings is 3. The summed E-state index contributed by atoms with van der Waals surface area (Å²) in [4.78, 5) is 22.7. The lowest BCUT2D eigenvalue weighted by Gasteiger charge is -2.13. The van der Waals surface area contributed by atoms with E-state index in [1.165, 1.54) is 18.3 Å². The van der Waals surface area contributed by atoms with E-state index in [-0.39, 0.29) is 16.9 Å². The van der Waals surface area contributed by atoms with Gasteiger partial charge >= 0.3 is 0 Å². The van der Waals surface area contributed by atoms with Crippen molar-refractivity contribution in [3.05, 3.63) is 72.8 Å². The van der Waals surface area contributed by atoms with Gasteiger partial charge in [-0.2, -0.15) is 5.10 Å². The van der Waals surface area contributed by atoms with Crippen LogP contribution in [0, 0.1) is 11.6 Å². The summed E-state index contributed by atoms with van der Waals surface area (Å²) in [6, 6.07) is 9.74. The number of anilines is 1. The van der Waals surface area contributed by atoms with E-state index in [4.69, 9.17) is 0 Å². The summed E-state index contributed by atoms with van der Waals surface area (Å²) in [6.45, 7) is 0. The number of hydrogen-bond donors (Lipinski definition) is 2. The van der Waals surface area contributed by atoms with E-state index in [0.717, 1.165) is 5.69 Å². The zero-order valence-electron chi connectivity index (χ0n) is 18.7. The lowest BCUT2D eigenvalue weighted by Crippen LogP contribution is -2.08. The number of aromatic amines is 2. The summed E-state index contributed by atoms with van der Waals surface area (Å²) in [5, 5.41) is 7.24. The Hall–Kier alpha value is -4.73. The average molecular weight is 468 g/mol. The summed E-state index contributed by atoms with van der Waals surface area (Å²) >= 11 is 0. The van der Waals surface area contributed by atoms with Gasteiger partial charge in [0.2, 0.25) is 0 Å². The molecule has 0 saturated heterocycles. The van der Waals surface area contributed by atoms with Crippen molar-refractivity contribution in [3.63, 3.8) is 0 Å². The Balaban J connectivity index is 1.52. The van der Waals surface area contributed by atoms with Crippen LogP contribution < -0.4 is 4.90 Å². The predicted octanol–water partition coefficient (Wildman–Crippen LogP) is 4.97. The highest BCUT2D eigenvalue weighted by molar-refractivity contribution is 5.96. The lowest BCUT2D eigenvalue weighted by molar-refractivity contribution is 0.628. The molecule has 6 aromatic rings. The molecule has 0 aliphatic heterocycles. The van der Waals surface area contributed by atoms with Crippen molar-refractivity contribution in [2.24, 2.45) is 0 Å². The molecular formula is C25H18F2N8. The van der Waals surface area contributed by atoms with Crippen LogP contribution in [0.1, 0.15) is 0 Å². The second-order valence-electron chi connectivity index (χ2n) is 8.26. The van der Waals surface area contributed by atoms with Gasteiger partial charge in [-0.1, -0.05) is 12.1 Å². The minimum Gasteiger partial charge on any atom is -0.376 e.